The van der Waals surface area contributed by atoms with Gasteiger partial charge in [-0.15, -0.1) is 6.42 Å². The van der Waals surface area contributed by atoms with Gasteiger partial charge >= 0.3 is 0 Å². The van der Waals surface area contributed by atoms with Gasteiger partial charge in [0, 0.05) is 29.5 Å². The van der Waals surface area contributed by atoms with Gasteiger partial charge in [-0.2, -0.15) is 0 Å². The summed E-state index contributed by atoms with van der Waals surface area (Å²) in [7, 11) is 0. The number of halogens is 2. The van der Waals surface area contributed by atoms with Crippen molar-refractivity contribution in [1.29, 1.82) is 0 Å². The van der Waals surface area contributed by atoms with Crippen LogP contribution in [0.15, 0.2) is 24.0 Å². The lowest BCUT2D eigenvalue weighted by atomic mass is 9.82. The molecule has 1 aromatic carbocycles. The standard InChI is InChI=1S/C37H43F2N5.C5H12/c1-4-25-28(38)14-13-24-10-6-12-27(31(24)25)34-33(39)35-32(29(41-34)21-23(3)26-11-5-9-22(26)2)36(40)43-30(42-35)15-18-37-16-7-19-44(37)20-8-17-37;1-4-5(2)3/h1,6,10,12,22-23,26H,5,7-9,11,13-21H2,2-3H3,(H2,40,42,43);5H,4H2,1-3H3. The van der Waals surface area contributed by atoms with Crippen molar-refractivity contribution in [1.82, 2.24) is 19.9 Å². The van der Waals surface area contributed by atoms with Gasteiger partial charge in [-0.3, -0.25) is 4.90 Å². The summed E-state index contributed by atoms with van der Waals surface area (Å²) in [6, 6.07) is 5.63. The van der Waals surface area contributed by atoms with Crippen LogP contribution in [-0.2, 0) is 19.3 Å². The Labute approximate surface area is 292 Å². The number of aryl methyl sites for hydroxylation is 2. The third kappa shape index (κ3) is 7.00. The van der Waals surface area contributed by atoms with Gasteiger partial charge in [0.25, 0.3) is 0 Å². The molecule has 2 N–H and O–H groups in total. The van der Waals surface area contributed by atoms with E-state index in [2.05, 4.69) is 45.4 Å². The number of fused-ring (bicyclic) bond motifs is 3. The number of aromatic nitrogens is 3. The first-order valence-corrected chi connectivity index (χ1v) is 18.9. The van der Waals surface area contributed by atoms with Crippen molar-refractivity contribution in [2.75, 3.05) is 18.8 Å². The van der Waals surface area contributed by atoms with E-state index in [9.17, 15) is 0 Å². The molecule has 0 amide bonds. The quantitative estimate of drug-likeness (QED) is 0.242. The lowest BCUT2D eigenvalue weighted by Crippen LogP contribution is -2.38. The van der Waals surface area contributed by atoms with Gasteiger partial charge in [-0.25, -0.2) is 23.7 Å². The minimum atomic E-state index is -0.543. The first-order valence-electron chi connectivity index (χ1n) is 18.9. The number of pyridine rings is 1. The summed E-state index contributed by atoms with van der Waals surface area (Å²) in [5, 5.41) is 0.512. The number of nitrogen functional groups attached to an aromatic ring is 1. The van der Waals surface area contributed by atoms with Crippen molar-refractivity contribution in [3.63, 3.8) is 0 Å². The zero-order chi connectivity index (χ0) is 34.9. The molecule has 5 nitrogen and oxygen atoms in total. The number of nitrogens with zero attached hydrogens (tertiary/aromatic N) is 4. The van der Waals surface area contributed by atoms with Gasteiger partial charge in [0.1, 0.15) is 28.7 Å². The number of hydrogen-bond acceptors (Lipinski definition) is 5. The Morgan fingerprint density at radius 3 is 2.43 bits per heavy atom. The molecule has 3 aromatic rings. The van der Waals surface area contributed by atoms with Crippen LogP contribution in [0.2, 0.25) is 0 Å². The molecule has 7 heteroatoms. The second-order valence-electron chi connectivity index (χ2n) is 15.7. The maximum absolute atomic E-state index is 16.9. The molecule has 2 aromatic heterocycles. The van der Waals surface area contributed by atoms with E-state index in [-0.39, 0.29) is 34.6 Å². The molecule has 4 heterocycles. The maximum Gasteiger partial charge on any atom is 0.175 e. The largest absolute Gasteiger partial charge is 0.383 e. The fraction of sp³-hybridized carbons (Fsp3) is 0.595. The Morgan fingerprint density at radius 1 is 1.04 bits per heavy atom. The predicted octanol–water partition coefficient (Wildman–Crippen LogP) is 9.90. The summed E-state index contributed by atoms with van der Waals surface area (Å²) >= 11 is 0. The summed E-state index contributed by atoms with van der Waals surface area (Å²) in [5.41, 5.74) is 10.2. The highest BCUT2D eigenvalue weighted by atomic mass is 19.1. The number of anilines is 1. The predicted molar refractivity (Wildman–Crippen MR) is 198 cm³/mol. The molecule has 0 bridgehead atoms. The van der Waals surface area contributed by atoms with E-state index in [1.165, 1.54) is 51.4 Å². The van der Waals surface area contributed by atoms with E-state index in [0.717, 1.165) is 31.0 Å². The van der Waals surface area contributed by atoms with Crippen LogP contribution in [-0.4, -0.2) is 38.5 Å². The van der Waals surface area contributed by atoms with E-state index in [1.807, 2.05) is 12.1 Å². The van der Waals surface area contributed by atoms with Crippen molar-refractivity contribution < 1.29 is 8.78 Å². The second-order valence-corrected chi connectivity index (χ2v) is 15.7. The van der Waals surface area contributed by atoms with Gasteiger partial charge in [-0.05, 0) is 93.7 Å². The zero-order valence-electron chi connectivity index (χ0n) is 30.3. The van der Waals surface area contributed by atoms with Crippen LogP contribution in [0.3, 0.4) is 0 Å². The molecule has 4 aliphatic rings. The average Bonchev–Trinajstić information content (AvgIpc) is 3.81. The Bertz CT molecular complexity index is 1740. The van der Waals surface area contributed by atoms with E-state index < -0.39 is 5.82 Å². The minimum Gasteiger partial charge on any atom is -0.383 e. The maximum atomic E-state index is 16.9. The van der Waals surface area contributed by atoms with Crippen LogP contribution in [0.1, 0.15) is 121 Å². The molecule has 49 heavy (non-hydrogen) atoms. The molecule has 3 atom stereocenters. The van der Waals surface area contributed by atoms with Crippen LogP contribution in [0.5, 0.6) is 0 Å². The van der Waals surface area contributed by atoms with Gasteiger partial charge in [-0.1, -0.05) is 78.0 Å². The van der Waals surface area contributed by atoms with Crippen molar-refractivity contribution in [3.05, 3.63) is 52.5 Å². The summed E-state index contributed by atoms with van der Waals surface area (Å²) in [5.74, 6) is 4.96. The summed E-state index contributed by atoms with van der Waals surface area (Å²) in [6.07, 6.45) is 18.6. The first kappa shape index (κ1) is 35.5. The molecule has 3 unspecified atom stereocenters. The lowest BCUT2D eigenvalue weighted by molar-refractivity contribution is 0.182. The van der Waals surface area contributed by atoms with Gasteiger partial charge in [0.15, 0.2) is 5.82 Å². The van der Waals surface area contributed by atoms with Crippen LogP contribution in [0, 0.1) is 41.8 Å². The highest BCUT2D eigenvalue weighted by molar-refractivity contribution is 5.96. The normalized spacial score (nSPS) is 22.2. The minimum absolute atomic E-state index is 0.166. The third-order valence-corrected chi connectivity index (χ3v) is 12.2. The van der Waals surface area contributed by atoms with Crippen molar-refractivity contribution in [3.8, 4) is 23.6 Å². The van der Waals surface area contributed by atoms with Crippen LogP contribution >= 0.6 is 0 Å². The van der Waals surface area contributed by atoms with Crippen molar-refractivity contribution in [2.45, 2.75) is 124 Å². The summed E-state index contributed by atoms with van der Waals surface area (Å²) in [4.78, 5) is 17.3. The highest BCUT2D eigenvalue weighted by Crippen LogP contribution is 2.44. The first-order chi connectivity index (χ1) is 23.6. The Morgan fingerprint density at radius 2 is 1.78 bits per heavy atom. The molecular formula is C42H55F2N5. The lowest BCUT2D eigenvalue weighted by Gasteiger charge is -2.32. The second kappa shape index (κ2) is 14.9. The molecular weight excluding hydrogens is 612 g/mol. The highest BCUT2D eigenvalue weighted by Gasteiger charge is 2.43. The number of rotatable bonds is 8. The number of hydrogen-bond donors (Lipinski definition) is 1. The molecule has 3 fully saturated rings. The molecule has 2 aliphatic heterocycles. The average molecular weight is 668 g/mol. The van der Waals surface area contributed by atoms with Crippen molar-refractivity contribution >= 4 is 22.3 Å². The SMILES string of the molecule is C#CC1=C(F)CCc2cccc(-c3nc(CC(C)C4CCCC4C)c4c(N)nc(CCC56CCCN5CCC6)nc4c3F)c21.CCC(C)C. The smallest absolute Gasteiger partial charge is 0.175 e. The van der Waals surface area contributed by atoms with Gasteiger partial charge in [0.05, 0.1) is 16.7 Å². The Hall–Kier alpha value is -3.37. The fourth-order valence-electron chi connectivity index (χ4n) is 9.17. The van der Waals surface area contributed by atoms with Gasteiger partial charge < -0.3 is 5.73 Å². The number of allylic oxidation sites excluding steroid dienone is 2. The summed E-state index contributed by atoms with van der Waals surface area (Å²) < 4.78 is 31.9. The van der Waals surface area contributed by atoms with Crippen LogP contribution in [0.25, 0.3) is 27.7 Å². The number of nitrogens with two attached hydrogens (primary N) is 1. The van der Waals surface area contributed by atoms with E-state index in [0.29, 0.717) is 70.9 Å². The van der Waals surface area contributed by atoms with E-state index >= 15 is 8.78 Å². The van der Waals surface area contributed by atoms with E-state index in [1.54, 1.807) is 6.07 Å². The Balaban J connectivity index is 0.000000778. The van der Waals surface area contributed by atoms with Gasteiger partial charge in [0.2, 0.25) is 0 Å². The fourth-order valence-corrected chi connectivity index (χ4v) is 9.17. The molecule has 0 radical (unpaired) electrons. The molecule has 0 spiro atoms. The van der Waals surface area contributed by atoms with Crippen LogP contribution in [0.4, 0.5) is 14.6 Å². The zero-order valence-corrected chi connectivity index (χ0v) is 30.3. The Kier molecular flexibility index (Phi) is 10.7. The number of terminal acetylenes is 1. The third-order valence-electron chi connectivity index (χ3n) is 12.2. The molecule has 1 saturated carbocycles. The molecule has 2 aliphatic carbocycles. The van der Waals surface area contributed by atoms with E-state index in [4.69, 9.17) is 27.1 Å². The molecule has 2 saturated heterocycles. The summed E-state index contributed by atoms with van der Waals surface area (Å²) in [6.45, 7) is 13.5. The number of benzene rings is 1. The van der Waals surface area contributed by atoms with Crippen molar-refractivity contribution in [2.24, 2.45) is 23.7 Å². The molecule has 7 rings (SSSR count). The topological polar surface area (TPSA) is 67.9 Å². The van der Waals surface area contributed by atoms with Crippen LogP contribution < -0.4 is 5.73 Å². The monoisotopic (exact) mass is 667 g/mol. The molecule has 262 valence electrons.